The fourth-order valence-electron chi connectivity index (χ4n) is 1.50. The summed E-state index contributed by atoms with van der Waals surface area (Å²) in [5.41, 5.74) is 1.90. The Morgan fingerprint density at radius 3 is 2.50 bits per heavy atom. The normalized spacial score (nSPS) is 12.2. The average molecular weight is 251 g/mol. The molecular formula is C14H21NO3. The average Bonchev–Trinajstić information content (AvgIpc) is 2.42. The molecule has 0 spiro atoms. The second-order valence-corrected chi connectivity index (χ2v) is 4.34. The van der Waals surface area contributed by atoms with E-state index in [1.807, 2.05) is 31.2 Å². The van der Waals surface area contributed by atoms with Crippen LogP contribution in [0, 0.1) is 0 Å². The first-order chi connectivity index (χ1) is 8.65. The molecule has 0 aliphatic rings. The molecule has 4 nitrogen and oxygen atoms in total. The Balaban J connectivity index is 2.29. The number of carbonyl (C=O) groups is 1. The fourth-order valence-corrected chi connectivity index (χ4v) is 1.50. The van der Waals surface area contributed by atoms with Gasteiger partial charge in [0.2, 0.25) is 5.91 Å². The molecule has 0 fully saturated rings. The molecule has 0 aliphatic heterocycles. The van der Waals surface area contributed by atoms with Crippen molar-refractivity contribution in [3.8, 4) is 0 Å². The van der Waals surface area contributed by atoms with Gasteiger partial charge in [-0.2, -0.15) is 0 Å². The zero-order valence-electron chi connectivity index (χ0n) is 11.0. The summed E-state index contributed by atoms with van der Waals surface area (Å²) in [4.78, 5) is 11.6. The van der Waals surface area contributed by atoms with E-state index in [-0.39, 0.29) is 18.6 Å². The standard InChI is InChI=1S/C14H21NO3/c1-11(18-2)3-8-14(17)15-9-12-4-6-13(10-16)7-5-12/h4-7,11,16H,3,8-10H2,1-2H3,(H,15,17). The lowest BCUT2D eigenvalue weighted by Crippen LogP contribution is -2.23. The number of ether oxygens (including phenoxy) is 1. The molecule has 0 saturated carbocycles. The highest BCUT2D eigenvalue weighted by Crippen LogP contribution is 2.05. The van der Waals surface area contributed by atoms with Crippen molar-refractivity contribution in [2.75, 3.05) is 7.11 Å². The van der Waals surface area contributed by atoms with E-state index in [2.05, 4.69) is 5.32 Å². The van der Waals surface area contributed by atoms with Gasteiger partial charge in [-0.1, -0.05) is 24.3 Å². The summed E-state index contributed by atoms with van der Waals surface area (Å²) in [5, 5.41) is 11.8. The van der Waals surface area contributed by atoms with Crippen LogP contribution >= 0.6 is 0 Å². The number of benzene rings is 1. The number of aliphatic hydroxyl groups excluding tert-OH is 1. The van der Waals surface area contributed by atoms with Crippen LogP contribution in [0.15, 0.2) is 24.3 Å². The van der Waals surface area contributed by atoms with E-state index < -0.39 is 0 Å². The summed E-state index contributed by atoms with van der Waals surface area (Å²) >= 11 is 0. The van der Waals surface area contributed by atoms with E-state index in [1.165, 1.54) is 0 Å². The van der Waals surface area contributed by atoms with Crippen molar-refractivity contribution in [3.05, 3.63) is 35.4 Å². The van der Waals surface area contributed by atoms with Crippen molar-refractivity contribution >= 4 is 5.91 Å². The lowest BCUT2D eigenvalue weighted by molar-refractivity contribution is -0.121. The largest absolute Gasteiger partial charge is 0.392 e. The van der Waals surface area contributed by atoms with E-state index in [9.17, 15) is 4.79 Å². The van der Waals surface area contributed by atoms with Gasteiger partial charge in [0.25, 0.3) is 0 Å². The minimum Gasteiger partial charge on any atom is -0.392 e. The van der Waals surface area contributed by atoms with Crippen LogP contribution in [0.4, 0.5) is 0 Å². The van der Waals surface area contributed by atoms with Crippen LogP contribution in [0.1, 0.15) is 30.9 Å². The molecule has 0 heterocycles. The Morgan fingerprint density at radius 1 is 1.33 bits per heavy atom. The number of carbonyl (C=O) groups excluding carboxylic acids is 1. The first-order valence-corrected chi connectivity index (χ1v) is 6.14. The summed E-state index contributed by atoms with van der Waals surface area (Å²) in [5.74, 6) is 0.0325. The zero-order chi connectivity index (χ0) is 13.4. The summed E-state index contributed by atoms with van der Waals surface area (Å²) in [6.45, 7) is 2.51. The van der Waals surface area contributed by atoms with Gasteiger partial charge in [-0.15, -0.1) is 0 Å². The molecule has 100 valence electrons. The first-order valence-electron chi connectivity index (χ1n) is 6.14. The molecule has 1 amide bonds. The first kappa shape index (κ1) is 14.7. The maximum atomic E-state index is 11.6. The predicted octanol–water partition coefficient (Wildman–Crippen LogP) is 1.61. The lowest BCUT2D eigenvalue weighted by Gasteiger charge is -2.09. The molecule has 1 atom stereocenters. The third kappa shape index (κ3) is 5.29. The highest BCUT2D eigenvalue weighted by molar-refractivity contribution is 5.75. The highest BCUT2D eigenvalue weighted by atomic mass is 16.5. The number of amides is 1. The molecule has 2 N–H and O–H groups in total. The van der Waals surface area contributed by atoms with Crippen molar-refractivity contribution in [2.45, 2.75) is 39.0 Å². The second kappa shape index (κ2) is 7.84. The minimum absolute atomic E-state index is 0.0325. The minimum atomic E-state index is 0.0325. The van der Waals surface area contributed by atoms with E-state index in [4.69, 9.17) is 9.84 Å². The lowest BCUT2D eigenvalue weighted by atomic mass is 10.1. The molecule has 0 aliphatic carbocycles. The fraction of sp³-hybridized carbons (Fsp3) is 0.500. The van der Waals surface area contributed by atoms with Crippen LogP contribution in [0.5, 0.6) is 0 Å². The Labute approximate surface area is 108 Å². The second-order valence-electron chi connectivity index (χ2n) is 4.34. The van der Waals surface area contributed by atoms with Gasteiger partial charge in [0.05, 0.1) is 12.7 Å². The third-order valence-electron chi connectivity index (χ3n) is 2.88. The molecule has 0 radical (unpaired) electrons. The van der Waals surface area contributed by atoms with Crippen molar-refractivity contribution in [2.24, 2.45) is 0 Å². The summed E-state index contributed by atoms with van der Waals surface area (Å²) in [6, 6.07) is 7.52. The number of rotatable bonds is 7. The number of hydrogen-bond donors (Lipinski definition) is 2. The van der Waals surface area contributed by atoms with Crippen LogP contribution in [-0.4, -0.2) is 24.2 Å². The maximum absolute atomic E-state index is 11.6. The molecule has 1 aromatic rings. The van der Waals surface area contributed by atoms with Gasteiger partial charge >= 0.3 is 0 Å². The van der Waals surface area contributed by atoms with Gasteiger partial charge < -0.3 is 15.2 Å². The Kier molecular flexibility index (Phi) is 6.39. The van der Waals surface area contributed by atoms with E-state index in [0.29, 0.717) is 13.0 Å². The summed E-state index contributed by atoms with van der Waals surface area (Å²) in [6.07, 6.45) is 1.31. The topological polar surface area (TPSA) is 58.6 Å². The predicted molar refractivity (Wildman–Crippen MR) is 69.9 cm³/mol. The van der Waals surface area contributed by atoms with Crippen molar-refractivity contribution in [3.63, 3.8) is 0 Å². The number of hydrogen-bond acceptors (Lipinski definition) is 3. The van der Waals surface area contributed by atoms with E-state index >= 15 is 0 Å². The van der Waals surface area contributed by atoms with Gasteiger partial charge in [-0.3, -0.25) is 4.79 Å². The molecule has 1 rings (SSSR count). The maximum Gasteiger partial charge on any atom is 0.220 e. The van der Waals surface area contributed by atoms with Crippen LogP contribution in [0.3, 0.4) is 0 Å². The number of nitrogens with one attached hydrogen (secondary N) is 1. The molecule has 1 unspecified atom stereocenters. The van der Waals surface area contributed by atoms with Crippen LogP contribution in [-0.2, 0) is 22.7 Å². The van der Waals surface area contributed by atoms with Gasteiger partial charge in [0.1, 0.15) is 0 Å². The molecule has 4 heteroatoms. The SMILES string of the molecule is COC(C)CCC(=O)NCc1ccc(CO)cc1. The zero-order valence-corrected chi connectivity index (χ0v) is 11.0. The van der Waals surface area contributed by atoms with Gasteiger partial charge in [0.15, 0.2) is 0 Å². The van der Waals surface area contributed by atoms with Crippen molar-refractivity contribution in [1.29, 1.82) is 0 Å². The third-order valence-corrected chi connectivity index (χ3v) is 2.88. The van der Waals surface area contributed by atoms with Crippen molar-refractivity contribution in [1.82, 2.24) is 5.32 Å². The number of methoxy groups -OCH3 is 1. The van der Waals surface area contributed by atoms with Crippen LogP contribution < -0.4 is 5.32 Å². The monoisotopic (exact) mass is 251 g/mol. The highest BCUT2D eigenvalue weighted by Gasteiger charge is 2.05. The molecule has 18 heavy (non-hydrogen) atoms. The quantitative estimate of drug-likeness (QED) is 0.774. The van der Waals surface area contributed by atoms with Crippen LogP contribution in [0.25, 0.3) is 0 Å². The van der Waals surface area contributed by atoms with E-state index in [1.54, 1.807) is 7.11 Å². The number of aliphatic hydroxyl groups is 1. The van der Waals surface area contributed by atoms with Gasteiger partial charge in [0, 0.05) is 20.1 Å². The Morgan fingerprint density at radius 2 is 1.94 bits per heavy atom. The van der Waals surface area contributed by atoms with E-state index in [0.717, 1.165) is 17.5 Å². The Hall–Kier alpha value is -1.39. The van der Waals surface area contributed by atoms with Crippen LogP contribution in [0.2, 0.25) is 0 Å². The smallest absolute Gasteiger partial charge is 0.220 e. The Bertz CT molecular complexity index is 362. The molecule has 0 bridgehead atoms. The van der Waals surface area contributed by atoms with Gasteiger partial charge in [-0.05, 0) is 24.5 Å². The molecule has 1 aromatic carbocycles. The summed E-state index contributed by atoms with van der Waals surface area (Å²) < 4.78 is 5.09. The molecule has 0 saturated heterocycles. The summed E-state index contributed by atoms with van der Waals surface area (Å²) in [7, 11) is 1.64. The molecule has 0 aromatic heterocycles. The van der Waals surface area contributed by atoms with Gasteiger partial charge in [-0.25, -0.2) is 0 Å². The van der Waals surface area contributed by atoms with Crippen molar-refractivity contribution < 1.29 is 14.6 Å². The molecular weight excluding hydrogens is 230 g/mol.